The molecule has 2 aromatic heterocycles. The Hall–Kier alpha value is -3.00. The molecule has 2 aliphatic rings. The lowest BCUT2D eigenvalue weighted by Gasteiger charge is -2.21. The van der Waals surface area contributed by atoms with E-state index in [0.29, 0.717) is 17.4 Å². The van der Waals surface area contributed by atoms with E-state index in [0.717, 1.165) is 55.4 Å². The molecule has 3 atom stereocenters. The van der Waals surface area contributed by atoms with Crippen molar-refractivity contribution in [3.63, 3.8) is 0 Å². The van der Waals surface area contributed by atoms with E-state index in [1.54, 1.807) is 6.20 Å². The minimum Gasteiger partial charge on any atom is -0.365 e. The molecule has 1 aliphatic heterocycles. The van der Waals surface area contributed by atoms with Crippen LogP contribution in [0.4, 0.5) is 19.0 Å². The monoisotopic (exact) mass is 467 g/mol. The second-order valence-corrected chi connectivity index (χ2v) is 9.71. The zero-order valence-corrected chi connectivity index (χ0v) is 19.3. The van der Waals surface area contributed by atoms with E-state index < -0.39 is 11.7 Å². The molecule has 3 aromatic rings. The van der Waals surface area contributed by atoms with E-state index in [4.69, 9.17) is 0 Å². The lowest BCUT2D eigenvalue weighted by molar-refractivity contribution is -0.137. The Morgan fingerprint density at radius 3 is 2.29 bits per heavy atom. The molecule has 1 saturated heterocycles. The number of nitrogens with zero attached hydrogens (tertiary/aromatic N) is 4. The van der Waals surface area contributed by atoms with Crippen LogP contribution in [0, 0.1) is 25.7 Å². The highest BCUT2D eigenvalue weighted by Crippen LogP contribution is 2.41. The number of halogens is 3. The quantitative estimate of drug-likeness (QED) is 0.537. The molecule has 1 aromatic carbocycles. The summed E-state index contributed by atoms with van der Waals surface area (Å²) < 4.78 is 41.8. The predicted molar refractivity (Wildman–Crippen MR) is 125 cm³/mol. The van der Waals surface area contributed by atoms with Gasteiger partial charge in [0.15, 0.2) is 5.82 Å². The molecule has 3 heterocycles. The van der Waals surface area contributed by atoms with Crippen LogP contribution < -0.4 is 5.32 Å². The molecule has 0 bridgehead atoms. The van der Waals surface area contributed by atoms with E-state index in [1.807, 2.05) is 50.2 Å². The van der Waals surface area contributed by atoms with Crippen molar-refractivity contribution in [2.45, 2.75) is 45.5 Å². The molecule has 178 valence electrons. The van der Waals surface area contributed by atoms with Crippen molar-refractivity contribution in [1.29, 1.82) is 0 Å². The Kier molecular flexibility index (Phi) is 6.02. The number of hydrogen-bond donors (Lipinski definition) is 1. The molecule has 5 nitrogen and oxygen atoms in total. The number of anilines is 1. The lowest BCUT2D eigenvalue weighted by atomic mass is 10.0. The fourth-order valence-electron chi connectivity index (χ4n) is 5.54. The van der Waals surface area contributed by atoms with Crippen LogP contribution in [0.2, 0.25) is 0 Å². The highest BCUT2D eigenvalue weighted by molar-refractivity contribution is 5.64. The van der Waals surface area contributed by atoms with Gasteiger partial charge in [0.05, 0.1) is 11.4 Å². The number of rotatable bonds is 5. The number of benzene rings is 1. The van der Waals surface area contributed by atoms with Crippen molar-refractivity contribution in [3.8, 4) is 11.3 Å². The summed E-state index contributed by atoms with van der Waals surface area (Å²) in [6.07, 6.45) is -1.04. The number of pyridine rings is 1. The van der Waals surface area contributed by atoms with Gasteiger partial charge < -0.3 is 5.32 Å². The minimum absolute atomic E-state index is 0.0329. The number of nitrogens with one attached hydrogen (secondary N) is 1. The molecule has 0 spiro atoms. The number of likely N-dealkylation sites (tertiary alicyclic amines) is 1. The zero-order chi connectivity index (χ0) is 23.9. The van der Waals surface area contributed by atoms with Crippen LogP contribution in [-0.4, -0.2) is 39.2 Å². The van der Waals surface area contributed by atoms with Gasteiger partial charge in [-0.2, -0.15) is 13.2 Å². The molecule has 5 rings (SSSR count). The summed E-state index contributed by atoms with van der Waals surface area (Å²) in [4.78, 5) is 6.80. The van der Waals surface area contributed by atoms with E-state index in [1.165, 1.54) is 0 Å². The Balaban J connectivity index is 1.29. The number of aryl methyl sites for hydroxylation is 2. The number of fused-ring (bicyclic) bond motifs is 1. The average Bonchev–Trinajstić information content (AvgIpc) is 3.31. The van der Waals surface area contributed by atoms with E-state index in [-0.39, 0.29) is 17.6 Å². The largest absolute Gasteiger partial charge is 0.420 e. The van der Waals surface area contributed by atoms with Gasteiger partial charge in [0, 0.05) is 37.4 Å². The van der Waals surface area contributed by atoms with Gasteiger partial charge in [-0.1, -0.05) is 23.3 Å². The zero-order valence-electron chi connectivity index (χ0n) is 19.3. The summed E-state index contributed by atoms with van der Waals surface area (Å²) in [6.45, 7) is 6.54. The summed E-state index contributed by atoms with van der Waals surface area (Å²) in [5.41, 5.74) is 3.12. The van der Waals surface area contributed by atoms with Crippen molar-refractivity contribution >= 4 is 5.82 Å². The number of alkyl halides is 3. The molecule has 1 saturated carbocycles. The fraction of sp³-hybridized carbons (Fsp3) is 0.423. The Bertz CT molecular complexity index is 1130. The SMILES string of the molecule is Cc1cc(C)cc(-c2cc(C(F)(F)F)c(N[C@H]3C[C@@H]4CN(Cc5ccccn5)C[C@@H]4C3)nn2)c1. The maximum Gasteiger partial charge on any atom is 0.420 e. The predicted octanol–water partition coefficient (Wildman–Crippen LogP) is 5.50. The highest BCUT2D eigenvalue weighted by Gasteiger charge is 2.42. The third-order valence-corrected chi connectivity index (χ3v) is 6.90. The topological polar surface area (TPSA) is 53.9 Å². The molecule has 8 heteroatoms. The first-order valence-corrected chi connectivity index (χ1v) is 11.7. The van der Waals surface area contributed by atoms with Crippen LogP contribution in [0.1, 0.15) is 35.2 Å². The van der Waals surface area contributed by atoms with Crippen LogP contribution >= 0.6 is 0 Å². The van der Waals surface area contributed by atoms with Crippen LogP contribution in [0.5, 0.6) is 0 Å². The van der Waals surface area contributed by atoms with Crippen LogP contribution in [0.15, 0.2) is 48.7 Å². The molecule has 34 heavy (non-hydrogen) atoms. The van der Waals surface area contributed by atoms with Gasteiger partial charge in [-0.3, -0.25) is 9.88 Å². The molecule has 1 N–H and O–H groups in total. The van der Waals surface area contributed by atoms with Crippen LogP contribution in [-0.2, 0) is 12.7 Å². The summed E-state index contributed by atoms with van der Waals surface area (Å²) in [6, 6.07) is 12.7. The van der Waals surface area contributed by atoms with Gasteiger partial charge in [-0.05, 0) is 68.9 Å². The standard InChI is InChI=1S/C26H28F3N5/c1-16-7-17(2)9-18(8-16)24-12-23(26(27,28)29)25(33-32-24)31-22-10-19-13-34(14-20(19)11-22)15-21-5-3-4-6-30-21/h3-9,12,19-20,22H,10-11,13-15H2,1-2H3,(H,31,33)/t19-,20+,22+. The van der Waals surface area contributed by atoms with E-state index >= 15 is 0 Å². The van der Waals surface area contributed by atoms with E-state index in [2.05, 4.69) is 25.4 Å². The molecular weight excluding hydrogens is 439 g/mol. The minimum atomic E-state index is -4.51. The van der Waals surface area contributed by atoms with Crippen molar-refractivity contribution in [2.75, 3.05) is 18.4 Å². The van der Waals surface area contributed by atoms with Gasteiger partial charge in [-0.15, -0.1) is 10.2 Å². The molecule has 0 unspecified atom stereocenters. The van der Waals surface area contributed by atoms with E-state index in [9.17, 15) is 13.2 Å². The lowest BCUT2D eigenvalue weighted by Crippen LogP contribution is -2.26. The third kappa shape index (κ3) is 4.92. The van der Waals surface area contributed by atoms with Crippen LogP contribution in [0.25, 0.3) is 11.3 Å². The van der Waals surface area contributed by atoms with Gasteiger partial charge >= 0.3 is 6.18 Å². The van der Waals surface area contributed by atoms with Crippen molar-refractivity contribution < 1.29 is 13.2 Å². The summed E-state index contributed by atoms with van der Waals surface area (Å²) >= 11 is 0. The molecule has 0 amide bonds. The summed E-state index contributed by atoms with van der Waals surface area (Å²) in [7, 11) is 0. The third-order valence-electron chi connectivity index (χ3n) is 6.90. The van der Waals surface area contributed by atoms with Gasteiger partial charge in [0.25, 0.3) is 0 Å². The van der Waals surface area contributed by atoms with Crippen molar-refractivity contribution in [3.05, 3.63) is 71.0 Å². The smallest absolute Gasteiger partial charge is 0.365 e. The molecule has 2 fully saturated rings. The second kappa shape index (κ2) is 8.98. The summed E-state index contributed by atoms with van der Waals surface area (Å²) in [5.74, 6) is 0.770. The van der Waals surface area contributed by atoms with Crippen molar-refractivity contribution in [2.24, 2.45) is 11.8 Å². The van der Waals surface area contributed by atoms with Gasteiger partial charge in [-0.25, -0.2) is 0 Å². The average molecular weight is 468 g/mol. The van der Waals surface area contributed by atoms with Crippen LogP contribution in [0.3, 0.4) is 0 Å². The van der Waals surface area contributed by atoms with Gasteiger partial charge in [0.2, 0.25) is 0 Å². The Labute approximate surface area is 197 Å². The first kappa shape index (κ1) is 22.8. The first-order chi connectivity index (χ1) is 16.2. The maximum atomic E-state index is 13.9. The fourth-order valence-corrected chi connectivity index (χ4v) is 5.54. The second-order valence-electron chi connectivity index (χ2n) is 9.71. The molecule has 1 aliphatic carbocycles. The maximum absolute atomic E-state index is 13.9. The first-order valence-electron chi connectivity index (χ1n) is 11.7. The van der Waals surface area contributed by atoms with Gasteiger partial charge in [0.1, 0.15) is 5.56 Å². The molecule has 0 radical (unpaired) electrons. The number of hydrogen-bond acceptors (Lipinski definition) is 5. The summed E-state index contributed by atoms with van der Waals surface area (Å²) in [5, 5.41) is 11.2. The number of aromatic nitrogens is 3. The Morgan fingerprint density at radius 2 is 1.68 bits per heavy atom. The molecular formula is C26H28F3N5. The normalized spacial score (nSPS) is 22.7. The Morgan fingerprint density at radius 1 is 0.971 bits per heavy atom. The highest BCUT2D eigenvalue weighted by atomic mass is 19.4. The van der Waals surface area contributed by atoms with Crippen molar-refractivity contribution in [1.82, 2.24) is 20.1 Å².